The Morgan fingerprint density at radius 1 is 1.05 bits per heavy atom. The molecule has 0 spiro atoms. The number of rotatable bonds is 5. The Balaban J connectivity index is 1.96. The highest BCUT2D eigenvalue weighted by Crippen LogP contribution is 2.17. The monoisotopic (exact) mass is 313 g/mol. The van der Waals surface area contributed by atoms with Gasteiger partial charge < -0.3 is 5.32 Å². The molecule has 21 heavy (non-hydrogen) atoms. The molecule has 1 nitrogen and oxygen atoms in total. The van der Waals surface area contributed by atoms with Crippen LogP contribution < -0.4 is 5.32 Å². The fourth-order valence-corrected chi connectivity index (χ4v) is 2.25. The lowest BCUT2D eigenvalue weighted by Crippen LogP contribution is -2.28. The van der Waals surface area contributed by atoms with Crippen molar-refractivity contribution in [2.75, 3.05) is 0 Å². The Morgan fingerprint density at radius 2 is 1.71 bits per heavy atom. The normalized spacial score (nSPS) is 12.4. The first-order valence-corrected chi connectivity index (χ1v) is 6.95. The van der Waals surface area contributed by atoms with Gasteiger partial charge in [0.05, 0.1) is 5.02 Å². The van der Waals surface area contributed by atoms with Gasteiger partial charge in [-0.15, -0.1) is 0 Å². The molecule has 1 atom stereocenters. The van der Waals surface area contributed by atoms with Crippen LogP contribution in [-0.2, 0) is 13.0 Å². The molecule has 1 unspecified atom stereocenters. The number of hydrogen-bond acceptors (Lipinski definition) is 1. The first kappa shape index (κ1) is 15.9. The third-order valence-electron chi connectivity index (χ3n) is 3.21. The average Bonchev–Trinajstić information content (AvgIpc) is 2.44. The van der Waals surface area contributed by atoms with Crippen molar-refractivity contribution >= 4 is 11.6 Å². The molecule has 0 saturated heterocycles. The van der Waals surface area contributed by atoms with Crippen LogP contribution in [0.3, 0.4) is 0 Å². The fourth-order valence-electron chi connectivity index (χ4n) is 2.05. The smallest absolute Gasteiger partial charge is 0.141 e. The minimum Gasteiger partial charge on any atom is -0.310 e. The molecule has 5 heteroatoms. The van der Waals surface area contributed by atoms with E-state index in [2.05, 4.69) is 5.32 Å². The molecular weight excluding hydrogens is 299 g/mol. The molecule has 1 N–H and O–H groups in total. The van der Waals surface area contributed by atoms with Gasteiger partial charge in [0.1, 0.15) is 17.5 Å². The van der Waals surface area contributed by atoms with E-state index >= 15 is 0 Å². The van der Waals surface area contributed by atoms with Crippen LogP contribution in [0.4, 0.5) is 13.2 Å². The van der Waals surface area contributed by atoms with Gasteiger partial charge in [0, 0.05) is 18.2 Å². The van der Waals surface area contributed by atoms with E-state index in [9.17, 15) is 13.2 Å². The van der Waals surface area contributed by atoms with Crippen LogP contribution in [0.1, 0.15) is 18.1 Å². The van der Waals surface area contributed by atoms with Gasteiger partial charge in [-0.25, -0.2) is 13.2 Å². The summed E-state index contributed by atoms with van der Waals surface area (Å²) < 4.78 is 40.1. The SMILES string of the molecule is CC(Cc1c(F)cccc1F)NCc1ccc(F)c(Cl)c1. The molecular formula is C16H15ClF3N. The average molecular weight is 314 g/mol. The van der Waals surface area contributed by atoms with Gasteiger partial charge in [0.2, 0.25) is 0 Å². The second-order valence-electron chi connectivity index (χ2n) is 4.93. The van der Waals surface area contributed by atoms with Crippen LogP contribution in [0.15, 0.2) is 36.4 Å². The lowest BCUT2D eigenvalue weighted by atomic mass is 10.1. The van der Waals surface area contributed by atoms with Gasteiger partial charge in [0.15, 0.2) is 0 Å². The Morgan fingerprint density at radius 3 is 2.33 bits per heavy atom. The quantitative estimate of drug-likeness (QED) is 0.858. The standard InChI is InChI=1S/C16H15ClF3N/c1-10(7-12-14(18)3-2-4-15(12)19)21-9-11-5-6-16(20)13(17)8-11/h2-6,8,10,21H,7,9H2,1H3. The van der Waals surface area contributed by atoms with E-state index in [1.54, 1.807) is 6.07 Å². The summed E-state index contributed by atoms with van der Waals surface area (Å²) >= 11 is 5.70. The van der Waals surface area contributed by atoms with Crippen LogP contribution in [0, 0.1) is 17.5 Å². The van der Waals surface area contributed by atoms with Gasteiger partial charge in [-0.3, -0.25) is 0 Å². The molecule has 2 aromatic rings. The molecule has 0 aliphatic carbocycles. The number of hydrogen-bond donors (Lipinski definition) is 1. The van der Waals surface area contributed by atoms with Crippen molar-refractivity contribution in [2.24, 2.45) is 0 Å². The van der Waals surface area contributed by atoms with Gasteiger partial charge >= 0.3 is 0 Å². The lowest BCUT2D eigenvalue weighted by molar-refractivity contribution is 0.499. The summed E-state index contributed by atoms with van der Waals surface area (Å²) in [5, 5.41) is 3.19. The summed E-state index contributed by atoms with van der Waals surface area (Å²) in [7, 11) is 0. The van der Waals surface area contributed by atoms with Crippen molar-refractivity contribution in [3.8, 4) is 0 Å². The largest absolute Gasteiger partial charge is 0.310 e. The van der Waals surface area contributed by atoms with Gasteiger partial charge in [-0.05, 0) is 43.2 Å². The second-order valence-corrected chi connectivity index (χ2v) is 5.34. The van der Waals surface area contributed by atoms with E-state index in [-0.39, 0.29) is 23.0 Å². The van der Waals surface area contributed by atoms with Crippen LogP contribution >= 0.6 is 11.6 Å². The van der Waals surface area contributed by atoms with Crippen LogP contribution in [0.2, 0.25) is 5.02 Å². The zero-order valence-corrected chi connectivity index (χ0v) is 12.2. The molecule has 2 aromatic carbocycles. The minimum absolute atomic E-state index is 0.0575. The topological polar surface area (TPSA) is 12.0 Å². The molecule has 0 bridgehead atoms. The minimum atomic E-state index is -0.548. The molecule has 0 amide bonds. The maximum Gasteiger partial charge on any atom is 0.141 e. The fraction of sp³-hybridized carbons (Fsp3) is 0.250. The van der Waals surface area contributed by atoms with Gasteiger partial charge in [-0.2, -0.15) is 0 Å². The third kappa shape index (κ3) is 4.22. The molecule has 0 heterocycles. The Hall–Kier alpha value is -1.52. The maximum atomic E-state index is 13.5. The zero-order chi connectivity index (χ0) is 15.4. The second kappa shape index (κ2) is 6.96. The maximum absolute atomic E-state index is 13.5. The van der Waals surface area contributed by atoms with E-state index in [0.29, 0.717) is 6.54 Å². The molecule has 0 fully saturated rings. The summed E-state index contributed by atoms with van der Waals surface area (Å²) in [6.07, 6.45) is 0.230. The first-order chi connectivity index (χ1) is 9.97. The number of nitrogens with one attached hydrogen (secondary N) is 1. The summed E-state index contributed by atoms with van der Waals surface area (Å²) in [5.74, 6) is -1.57. The van der Waals surface area contributed by atoms with E-state index in [0.717, 1.165) is 5.56 Å². The Labute approximate surface area is 126 Å². The summed E-state index contributed by atoms with van der Waals surface area (Å²) in [5.41, 5.74) is 0.872. The van der Waals surface area contributed by atoms with Crippen molar-refractivity contribution in [3.05, 3.63) is 70.0 Å². The van der Waals surface area contributed by atoms with Crippen molar-refractivity contribution in [1.29, 1.82) is 0 Å². The van der Waals surface area contributed by atoms with Gasteiger partial charge in [-0.1, -0.05) is 23.7 Å². The molecule has 0 aliphatic rings. The molecule has 2 rings (SSSR count). The molecule has 0 saturated carbocycles. The van der Waals surface area contributed by atoms with E-state index in [1.165, 1.54) is 30.3 Å². The zero-order valence-electron chi connectivity index (χ0n) is 11.5. The predicted molar refractivity (Wildman–Crippen MR) is 77.8 cm³/mol. The third-order valence-corrected chi connectivity index (χ3v) is 3.50. The van der Waals surface area contributed by atoms with Gasteiger partial charge in [0.25, 0.3) is 0 Å². The van der Waals surface area contributed by atoms with Crippen LogP contribution in [0.25, 0.3) is 0 Å². The van der Waals surface area contributed by atoms with Crippen LogP contribution in [0.5, 0.6) is 0 Å². The number of benzene rings is 2. The van der Waals surface area contributed by atoms with E-state index in [4.69, 9.17) is 11.6 Å². The summed E-state index contributed by atoms with van der Waals surface area (Å²) in [6.45, 7) is 2.27. The highest BCUT2D eigenvalue weighted by atomic mass is 35.5. The molecule has 0 aliphatic heterocycles. The summed E-state index contributed by atoms with van der Waals surface area (Å²) in [6, 6.07) is 8.12. The molecule has 112 valence electrons. The van der Waals surface area contributed by atoms with E-state index < -0.39 is 17.5 Å². The van der Waals surface area contributed by atoms with Crippen LogP contribution in [-0.4, -0.2) is 6.04 Å². The Kier molecular flexibility index (Phi) is 5.26. The molecule has 0 aromatic heterocycles. The van der Waals surface area contributed by atoms with Crippen molar-refractivity contribution in [1.82, 2.24) is 5.32 Å². The predicted octanol–water partition coefficient (Wildman–Crippen LogP) is 4.48. The van der Waals surface area contributed by atoms with Crippen molar-refractivity contribution in [2.45, 2.75) is 25.9 Å². The van der Waals surface area contributed by atoms with E-state index in [1.807, 2.05) is 6.92 Å². The first-order valence-electron chi connectivity index (χ1n) is 6.57. The highest BCUT2D eigenvalue weighted by Gasteiger charge is 2.12. The van der Waals surface area contributed by atoms with Crippen molar-refractivity contribution in [3.63, 3.8) is 0 Å². The molecule has 0 radical (unpaired) electrons. The number of halogens is 4. The Bertz CT molecular complexity index is 611. The van der Waals surface area contributed by atoms with Crippen molar-refractivity contribution < 1.29 is 13.2 Å². The lowest BCUT2D eigenvalue weighted by Gasteiger charge is -2.15. The summed E-state index contributed by atoms with van der Waals surface area (Å²) in [4.78, 5) is 0. The highest BCUT2D eigenvalue weighted by molar-refractivity contribution is 6.30.